The first kappa shape index (κ1) is 12.8. The molecule has 0 amide bonds. The third kappa shape index (κ3) is 5.56. The van der Waals surface area contributed by atoms with E-state index in [0.29, 0.717) is 18.2 Å². The Labute approximate surface area is 97.2 Å². The van der Waals surface area contributed by atoms with Gasteiger partial charge in [-0.2, -0.15) is 0 Å². The van der Waals surface area contributed by atoms with Crippen LogP contribution in [0.25, 0.3) is 0 Å². The summed E-state index contributed by atoms with van der Waals surface area (Å²) in [5.74, 6) is 0.700. The molecule has 16 heavy (non-hydrogen) atoms. The van der Waals surface area contributed by atoms with Gasteiger partial charge in [0.1, 0.15) is 0 Å². The number of nitrogens with one attached hydrogen (secondary N) is 1. The van der Waals surface area contributed by atoms with Crippen molar-refractivity contribution in [3.8, 4) is 0 Å². The van der Waals surface area contributed by atoms with Gasteiger partial charge in [0.25, 0.3) is 0 Å². The smallest absolute Gasteiger partial charge is 0.0639 e. The molecule has 0 atom stereocenters. The number of ether oxygens (including phenoxy) is 1. The van der Waals surface area contributed by atoms with E-state index < -0.39 is 0 Å². The zero-order chi connectivity index (χ0) is 11.8. The summed E-state index contributed by atoms with van der Waals surface area (Å²) in [6, 6.07) is 1.86. The molecule has 0 radical (unpaired) electrons. The highest BCUT2D eigenvalue weighted by Gasteiger charge is 1.95. The van der Waals surface area contributed by atoms with Gasteiger partial charge in [-0.25, -0.2) is 0 Å². The van der Waals surface area contributed by atoms with Crippen LogP contribution >= 0.6 is 0 Å². The first-order chi connectivity index (χ1) is 7.68. The van der Waals surface area contributed by atoms with Gasteiger partial charge in [-0.05, 0) is 18.4 Å². The Morgan fingerprint density at radius 3 is 2.88 bits per heavy atom. The standard InChI is InChI=1S/C12H21N3O/c1-10(2)3-5-16-6-4-15-12-7-11(13)8-14-9-12/h7-10,15H,3-6,13H2,1-2H3. The molecule has 4 heteroatoms. The Morgan fingerprint density at radius 2 is 2.19 bits per heavy atom. The van der Waals surface area contributed by atoms with Crippen LogP contribution < -0.4 is 11.1 Å². The fourth-order valence-electron chi connectivity index (χ4n) is 1.24. The van der Waals surface area contributed by atoms with Crippen molar-refractivity contribution in [3.05, 3.63) is 18.5 Å². The number of rotatable bonds is 7. The van der Waals surface area contributed by atoms with Crippen LogP contribution in [0.4, 0.5) is 11.4 Å². The highest BCUT2D eigenvalue weighted by molar-refractivity contribution is 5.51. The van der Waals surface area contributed by atoms with Crippen molar-refractivity contribution < 1.29 is 4.74 Å². The van der Waals surface area contributed by atoms with Gasteiger partial charge < -0.3 is 15.8 Å². The molecule has 0 unspecified atom stereocenters. The van der Waals surface area contributed by atoms with E-state index in [1.54, 1.807) is 12.4 Å². The van der Waals surface area contributed by atoms with Crippen LogP contribution in [0, 0.1) is 5.92 Å². The maximum Gasteiger partial charge on any atom is 0.0639 e. The van der Waals surface area contributed by atoms with Gasteiger partial charge in [-0.15, -0.1) is 0 Å². The molecule has 1 rings (SSSR count). The zero-order valence-electron chi connectivity index (χ0n) is 10.1. The van der Waals surface area contributed by atoms with Gasteiger partial charge in [-0.1, -0.05) is 13.8 Å². The summed E-state index contributed by atoms with van der Waals surface area (Å²) in [5, 5.41) is 3.21. The van der Waals surface area contributed by atoms with Crippen molar-refractivity contribution in [2.75, 3.05) is 30.8 Å². The Hall–Kier alpha value is -1.29. The maximum atomic E-state index is 5.61. The summed E-state index contributed by atoms with van der Waals surface area (Å²) >= 11 is 0. The minimum Gasteiger partial charge on any atom is -0.397 e. The number of anilines is 2. The van der Waals surface area contributed by atoms with Crippen molar-refractivity contribution in [1.29, 1.82) is 0 Å². The first-order valence-electron chi connectivity index (χ1n) is 5.70. The van der Waals surface area contributed by atoms with Crippen LogP contribution in [-0.2, 0) is 4.74 Å². The van der Waals surface area contributed by atoms with Gasteiger partial charge in [0, 0.05) is 19.3 Å². The Kier molecular flexibility index (Phi) is 5.64. The van der Waals surface area contributed by atoms with Crippen molar-refractivity contribution >= 4 is 11.4 Å². The largest absolute Gasteiger partial charge is 0.397 e. The van der Waals surface area contributed by atoms with E-state index in [0.717, 1.165) is 25.3 Å². The van der Waals surface area contributed by atoms with Crippen molar-refractivity contribution in [3.63, 3.8) is 0 Å². The molecule has 1 heterocycles. The molecule has 3 N–H and O–H groups in total. The van der Waals surface area contributed by atoms with Gasteiger partial charge in [0.2, 0.25) is 0 Å². The molecular formula is C12H21N3O. The van der Waals surface area contributed by atoms with E-state index in [1.807, 2.05) is 6.07 Å². The fourth-order valence-corrected chi connectivity index (χ4v) is 1.24. The Morgan fingerprint density at radius 1 is 1.38 bits per heavy atom. The van der Waals surface area contributed by atoms with Crippen LogP contribution in [0.15, 0.2) is 18.5 Å². The Balaban J connectivity index is 2.07. The van der Waals surface area contributed by atoms with Crippen LogP contribution in [0.2, 0.25) is 0 Å². The number of nitrogens with two attached hydrogens (primary N) is 1. The van der Waals surface area contributed by atoms with E-state index in [1.165, 1.54) is 0 Å². The van der Waals surface area contributed by atoms with Crippen LogP contribution in [0.5, 0.6) is 0 Å². The van der Waals surface area contributed by atoms with Gasteiger partial charge in [-0.3, -0.25) is 4.98 Å². The van der Waals surface area contributed by atoms with Gasteiger partial charge >= 0.3 is 0 Å². The number of hydrogen-bond donors (Lipinski definition) is 2. The summed E-state index contributed by atoms with van der Waals surface area (Å²) in [6.07, 6.45) is 4.49. The lowest BCUT2D eigenvalue weighted by molar-refractivity contribution is 0.132. The summed E-state index contributed by atoms with van der Waals surface area (Å²) in [6.45, 7) is 6.71. The summed E-state index contributed by atoms with van der Waals surface area (Å²) < 4.78 is 5.48. The monoisotopic (exact) mass is 223 g/mol. The number of aromatic nitrogens is 1. The lowest BCUT2D eigenvalue weighted by Gasteiger charge is -2.08. The minimum atomic E-state index is 0.672. The molecule has 0 saturated heterocycles. The third-order valence-electron chi connectivity index (χ3n) is 2.17. The van der Waals surface area contributed by atoms with Crippen LogP contribution in [0.3, 0.4) is 0 Å². The lowest BCUT2D eigenvalue weighted by atomic mass is 10.1. The molecule has 4 nitrogen and oxygen atoms in total. The number of pyridine rings is 1. The van der Waals surface area contributed by atoms with Crippen molar-refractivity contribution in [1.82, 2.24) is 4.98 Å². The second-order valence-corrected chi connectivity index (χ2v) is 4.23. The fraction of sp³-hybridized carbons (Fsp3) is 0.583. The molecule has 0 aliphatic rings. The molecule has 0 saturated carbocycles. The molecule has 0 aromatic carbocycles. The molecular weight excluding hydrogens is 202 g/mol. The molecule has 0 aliphatic heterocycles. The first-order valence-corrected chi connectivity index (χ1v) is 5.70. The van der Waals surface area contributed by atoms with Gasteiger partial charge in [0.15, 0.2) is 0 Å². The average molecular weight is 223 g/mol. The van der Waals surface area contributed by atoms with Crippen molar-refractivity contribution in [2.45, 2.75) is 20.3 Å². The molecule has 1 aromatic rings. The molecule has 0 spiro atoms. The molecule has 0 aliphatic carbocycles. The number of nitrogen functional groups attached to an aromatic ring is 1. The summed E-state index contributed by atoms with van der Waals surface area (Å²) in [4.78, 5) is 3.99. The SMILES string of the molecule is CC(C)CCOCCNc1cncc(N)c1. The lowest BCUT2D eigenvalue weighted by Crippen LogP contribution is -2.11. The summed E-state index contributed by atoms with van der Waals surface area (Å²) in [7, 11) is 0. The highest BCUT2D eigenvalue weighted by atomic mass is 16.5. The highest BCUT2D eigenvalue weighted by Crippen LogP contribution is 2.08. The molecule has 1 aromatic heterocycles. The number of nitrogens with zero attached hydrogens (tertiary/aromatic N) is 1. The third-order valence-corrected chi connectivity index (χ3v) is 2.17. The minimum absolute atomic E-state index is 0.672. The van der Waals surface area contributed by atoms with E-state index in [2.05, 4.69) is 24.1 Å². The van der Waals surface area contributed by atoms with Crippen molar-refractivity contribution in [2.24, 2.45) is 5.92 Å². The predicted octanol–water partition coefficient (Wildman–Crippen LogP) is 2.14. The normalized spacial score (nSPS) is 10.7. The average Bonchev–Trinajstić information content (AvgIpc) is 2.23. The maximum absolute atomic E-state index is 5.61. The summed E-state index contributed by atoms with van der Waals surface area (Å²) in [5.41, 5.74) is 7.22. The molecule has 0 bridgehead atoms. The second kappa shape index (κ2) is 7.06. The zero-order valence-corrected chi connectivity index (χ0v) is 10.1. The van der Waals surface area contributed by atoms with Crippen LogP contribution in [-0.4, -0.2) is 24.7 Å². The van der Waals surface area contributed by atoms with E-state index >= 15 is 0 Å². The topological polar surface area (TPSA) is 60.2 Å². The predicted molar refractivity (Wildman–Crippen MR) is 67.4 cm³/mol. The molecule has 90 valence electrons. The van der Waals surface area contributed by atoms with E-state index in [-0.39, 0.29) is 0 Å². The Bertz CT molecular complexity index is 302. The van der Waals surface area contributed by atoms with E-state index in [9.17, 15) is 0 Å². The van der Waals surface area contributed by atoms with Crippen LogP contribution in [0.1, 0.15) is 20.3 Å². The number of hydrogen-bond acceptors (Lipinski definition) is 4. The molecule has 0 fully saturated rings. The second-order valence-electron chi connectivity index (χ2n) is 4.23. The quantitative estimate of drug-likeness (QED) is 0.695. The van der Waals surface area contributed by atoms with Gasteiger partial charge in [0.05, 0.1) is 24.2 Å². The van der Waals surface area contributed by atoms with E-state index in [4.69, 9.17) is 10.5 Å².